The zero-order valence-corrected chi connectivity index (χ0v) is 15.0. The van der Waals surface area contributed by atoms with Crippen LogP contribution < -0.4 is 15.5 Å². The Bertz CT molecular complexity index is 770. The Morgan fingerprint density at radius 3 is 2.50 bits per heavy atom. The maximum absolute atomic E-state index is 11.9. The number of rotatable bonds is 8. The van der Waals surface area contributed by atoms with E-state index in [9.17, 15) is 9.59 Å². The minimum atomic E-state index is -0.313. The number of hydrazone groups is 1. The lowest BCUT2D eigenvalue weighted by atomic mass is 10.2. The molecule has 26 heavy (non-hydrogen) atoms. The quantitative estimate of drug-likeness (QED) is 0.565. The maximum atomic E-state index is 11.9. The predicted molar refractivity (Wildman–Crippen MR) is 102 cm³/mol. The highest BCUT2D eigenvalue weighted by molar-refractivity contribution is 5.93. The number of carbonyl (C=O) groups is 2. The molecule has 0 heterocycles. The van der Waals surface area contributed by atoms with Gasteiger partial charge in [-0.3, -0.25) is 9.59 Å². The summed E-state index contributed by atoms with van der Waals surface area (Å²) < 4.78 is 5.35. The normalized spacial score (nSPS) is 10.5. The lowest BCUT2D eigenvalue weighted by Crippen LogP contribution is -2.20. The molecular formula is C20H23N3O3. The number of hydrogen-bond acceptors (Lipinski definition) is 4. The minimum Gasteiger partial charge on any atom is -0.494 e. The molecule has 2 aromatic carbocycles. The molecule has 6 heteroatoms. The summed E-state index contributed by atoms with van der Waals surface area (Å²) in [5.74, 6) is 0.265. The first-order valence-corrected chi connectivity index (χ1v) is 8.48. The largest absolute Gasteiger partial charge is 0.494 e. The van der Waals surface area contributed by atoms with Crippen LogP contribution in [0.1, 0.15) is 30.9 Å². The number of benzene rings is 2. The molecule has 2 rings (SSSR count). The van der Waals surface area contributed by atoms with Crippen LogP contribution in [-0.4, -0.2) is 24.6 Å². The van der Waals surface area contributed by atoms with Crippen LogP contribution in [0.4, 0.5) is 5.69 Å². The molecule has 0 saturated carbocycles. The SMILES string of the molecule is CCOc1ccc(C=NNC(=O)CCC(=O)Nc2cccc(C)c2)cc1. The topological polar surface area (TPSA) is 79.8 Å². The van der Waals surface area contributed by atoms with Gasteiger partial charge < -0.3 is 10.1 Å². The van der Waals surface area contributed by atoms with Crippen LogP contribution in [0.5, 0.6) is 5.75 Å². The third-order valence-corrected chi connectivity index (χ3v) is 3.47. The second-order valence-electron chi connectivity index (χ2n) is 5.71. The molecule has 0 aromatic heterocycles. The van der Waals surface area contributed by atoms with E-state index in [4.69, 9.17) is 4.74 Å². The number of aryl methyl sites for hydroxylation is 1. The first-order valence-electron chi connectivity index (χ1n) is 8.48. The van der Waals surface area contributed by atoms with Crippen LogP contribution in [0.15, 0.2) is 53.6 Å². The number of nitrogens with one attached hydrogen (secondary N) is 2. The molecule has 0 aliphatic rings. The second-order valence-corrected chi connectivity index (χ2v) is 5.71. The minimum absolute atomic E-state index is 0.0677. The Hall–Kier alpha value is -3.15. The van der Waals surface area contributed by atoms with Crippen molar-refractivity contribution >= 4 is 23.7 Å². The van der Waals surface area contributed by atoms with E-state index in [1.54, 1.807) is 6.21 Å². The first-order chi connectivity index (χ1) is 12.6. The van der Waals surface area contributed by atoms with Gasteiger partial charge in [0.1, 0.15) is 5.75 Å². The van der Waals surface area contributed by atoms with Crippen LogP contribution in [0.3, 0.4) is 0 Å². The highest BCUT2D eigenvalue weighted by Gasteiger charge is 2.06. The molecule has 2 N–H and O–H groups in total. The molecular weight excluding hydrogens is 330 g/mol. The van der Waals surface area contributed by atoms with Crippen molar-refractivity contribution < 1.29 is 14.3 Å². The summed E-state index contributed by atoms with van der Waals surface area (Å²) in [4.78, 5) is 23.6. The molecule has 6 nitrogen and oxygen atoms in total. The fourth-order valence-corrected chi connectivity index (χ4v) is 2.22. The molecule has 2 aromatic rings. The number of carbonyl (C=O) groups excluding carboxylic acids is 2. The molecule has 0 atom stereocenters. The van der Waals surface area contributed by atoms with Crippen molar-refractivity contribution in [3.8, 4) is 5.75 Å². The van der Waals surface area contributed by atoms with Gasteiger partial charge in [0.25, 0.3) is 0 Å². The third-order valence-electron chi connectivity index (χ3n) is 3.47. The maximum Gasteiger partial charge on any atom is 0.240 e. The van der Waals surface area contributed by atoms with Gasteiger partial charge in [0, 0.05) is 18.5 Å². The van der Waals surface area contributed by atoms with Gasteiger partial charge in [-0.2, -0.15) is 5.10 Å². The van der Waals surface area contributed by atoms with Crippen molar-refractivity contribution in [1.29, 1.82) is 0 Å². The van der Waals surface area contributed by atoms with E-state index in [0.717, 1.165) is 22.6 Å². The van der Waals surface area contributed by atoms with Gasteiger partial charge in [0.15, 0.2) is 0 Å². The summed E-state index contributed by atoms with van der Waals surface area (Å²) in [5, 5.41) is 6.66. The van der Waals surface area contributed by atoms with E-state index in [0.29, 0.717) is 6.61 Å². The average Bonchev–Trinajstić information content (AvgIpc) is 2.62. The van der Waals surface area contributed by atoms with Gasteiger partial charge in [0.2, 0.25) is 11.8 Å². The average molecular weight is 353 g/mol. The predicted octanol–water partition coefficient (Wildman–Crippen LogP) is 3.26. The molecule has 136 valence electrons. The fourth-order valence-electron chi connectivity index (χ4n) is 2.22. The van der Waals surface area contributed by atoms with E-state index >= 15 is 0 Å². The standard InChI is InChI=1S/C20H23N3O3/c1-3-26-18-9-7-16(8-10-18)14-21-23-20(25)12-11-19(24)22-17-6-4-5-15(2)13-17/h4-10,13-14H,3,11-12H2,1-2H3,(H,22,24)(H,23,25). The number of amides is 2. The summed E-state index contributed by atoms with van der Waals surface area (Å²) in [6.45, 7) is 4.48. The van der Waals surface area contributed by atoms with Crippen molar-refractivity contribution in [3.05, 3.63) is 59.7 Å². The van der Waals surface area contributed by atoms with Crippen LogP contribution in [-0.2, 0) is 9.59 Å². The van der Waals surface area contributed by atoms with Crippen molar-refractivity contribution in [2.45, 2.75) is 26.7 Å². The summed E-state index contributed by atoms with van der Waals surface area (Å²) >= 11 is 0. The Balaban J connectivity index is 1.71. The molecule has 2 amide bonds. The Morgan fingerprint density at radius 2 is 1.81 bits per heavy atom. The van der Waals surface area contributed by atoms with Gasteiger partial charge in [-0.05, 0) is 61.4 Å². The van der Waals surface area contributed by atoms with Crippen molar-refractivity contribution in [2.24, 2.45) is 5.10 Å². The first kappa shape index (κ1) is 19.2. The monoisotopic (exact) mass is 353 g/mol. The van der Waals surface area contributed by atoms with E-state index in [-0.39, 0.29) is 24.7 Å². The van der Waals surface area contributed by atoms with Crippen molar-refractivity contribution in [1.82, 2.24) is 5.43 Å². The summed E-state index contributed by atoms with van der Waals surface area (Å²) in [5.41, 5.74) is 5.04. The smallest absolute Gasteiger partial charge is 0.240 e. The lowest BCUT2D eigenvalue weighted by Gasteiger charge is -2.05. The molecule has 0 saturated heterocycles. The number of hydrogen-bond donors (Lipinski definition) is 2. The van der Waals surface area contributed by atoms with Gasteiger partial charge in [-0.1, -0.05) is 12.1 Å². The highest BCUT2D eigenvalue weighted by Crippen LogP contribution is 2.11. The molecule has 0 aliphatic carbocycles. The number of ether oxygens (including phenoxy) is 1. The fraction of sp³-hybridized carbons (Fsp3) is 0.250. The Labute approximate surface area is 153 Å². The van der Waals surface area contributed by atoms with Crippen LogP contribution >= 0.6 is 0 Å². The zero-order valence-electron chi connectivity index (χ0n) is 15.0. The number of anilines is 1. The molecule has 0 aliphatic heterocycles. The van der Waals surface area contributed by atoms with E-state index in [2.05, 4.69) is 15.8 Å². The summed E-state index contributed by atoms with van der Waals surface area (Å²) in [6, 6.07) is 14.9. The second kappa shape index (κ2) is 9.98. The van der Waals surface area contributed by atoms with Gasteiger partial charge in [-0.25, -0.2) is 5.43 Å². The van der Waals surface area contributed by atoms with E-state index in [1.165, 1.54) is 0 Å². The Kier molecular flexibility index (Phi) is 7.36. The van der Waals surface area contributed by atoms with Crippen molar-refractivity contribution in [2.75, 3.05) is 11.9 Å². The van der Waals surface area contributed by atoms with E-state index < -0.39 is 0 Å². The molecule has 0 unspecified atom stereocenters. The van der Waals surface area contributed by atoms with Crippen LogP contribution in [0.25, 0.3) is 0 Å². The van der Waals surface area contributed by atoms with Gasteiger partial charge in [-0.15, -0.1) is 0 Å². The zero-order chi connectivity index (χ0) is 18.8. The molecule has 0 fully saturated rings. The molecule has 0 spiro atoms. The highest BCUT2D eigenvalue weighted by atomic mass is 16.5. The summed E-state index contributed by atoms with van der Waals surface area (Å²) in [7, 11) is 0. The molecule has 0 radical (unpaired) electrons. The van der Waals surface area contributed by atoms with Crippen LogP contribution in [0.2, 0.25) is 0 Å². The van der Waals surface area contributed by atoms with E-state index in [1.807, 2.05) is 62.4 Å². The number of nitrogens with zero attached hydrogens (tertiary/aromatic N) is 1. The van der Waals surface area contributed by atoms with Gasteiger partial charge in [0.05, 0.1) is 12.8 Å². The lowest BCUT2D eigenvalue weighted by molar-refractivity contribution is -0.124. The van der Waals surface area contributed by atoms with Crippen molar-refractivity contribution in [3.63, 3.8) is 0 Å². The van der Waals surface area contributed by atoms with Crippen LogP contribution in [0, 0.1) is 6.92 Å². The summed E-state index contributed by atoms with van der Waals surface area (Å²) in [6.07, 6.45) is 1.71. The molecule has 0 bridgehead atoms. The Morgan fingerprint density at radius 1 is 1.08 bits per heavy atom. The third kappa shape index (κ3) is 6.76. The van der Waals surface area contributed by atoms with Gasteiger partial charge >= 0.3 is 0 Å².